The quantitative estimate of drug-likeness (QED) is 0.846. The molecule has 0 aliphatic carbocycles. The summed E-state index contributed by atoms with van der Waals surface area (Å²) in [4.78, 5) is 0.325. The van der Waals surface area contributed by atoms with E-state index in [0.717, 1.165) is 18.4 Å². The van der Waals surface area contributed by atoms with Crippen molar-refractivity contribution in [3.63, 3.8) is 0 Å². The van der Waals surface area contributed by atoms with Crippen LogP contribution in [-0.4, -0.2) is 14.7 Å². The Balaban J connectivity index is 2.03. The standard InChI is InChI=1S/C15H15O2S/c1-18(16,17)15-11-9-14(10-12-15)8-7-13-5-3-2-4-6-13/h2-6,9,11-12H,7-8H2,1H3. The molecular formula is C15H15O2S. The van der Waals surface area contributed by atoms with Crippen molar-refractivity contribution >= 4 is 9.84 Å². The molecular weight excluding hydrogens is 244 g/mol. The molecule has 0 aliphatic heterocycles. The summed E-state index contributed by atoms with van der Waals surface area (Å²) in [5.41, 5.74) is 2.31. The Morgan fingerprint density at radius 3 is 2.28 bits per heavy atom. The maximum Gasteiger partial charge on any atom is 0.175 e. The largest absolute Gasteiger partial charge is 0.224 e. The summed E-state index contributed by atoms with van der Waals surface area (Å²) >= 11 is 0. The minimum Gasteiger partial charge on any atom is -0.224 e. The van der Waals surface area contributed by atoms with E-state index in [1.54, 1.807) is 12.1 Å². The Bertz CT molecular complexity index is 599. The molecule has 0 N–H and O–H groups in total. The Hall–Kier alpha value is -1.61. The van der Waals surface area contributed by atoms with Crippen LogP contribution in [0.25, 0.3) is 0 Å². The molecule has 2 nitrogen and oxygen atoms in total. The molecule has 2 rings (SSSR count). The van der Waals surface area contributed by atoms with Crippen LogP contribution in [0.3, 0.4) is 0 Å². The molecule has 0 saturated carbocycles. The first-order chi connectivity index (χ1) is 8.55. The van der Waals surface area contributed by atoms with Gasteiger partial charge in [-0.25, -0.2) is 8.42 Å². The average molecular weight is 259 g/mol. The molecule has 0 spiro atoms. The van der Waals surface area contributed by atoms with Crippen LogP contribution >= 0.6 is 0 Å². The maximum atomic E-state index is 11.3. The number of rotatable bonds is 4. The van der Waals surface area contributed by atoms with E-state index in [1.807, 2.05) is 24.3 Å². The van der Waals surface area contributed by atoms with Crippen molar-refractivity contribution in [2.75, 3.05) is 6.26 Å². The van der Waals surface area contributed by atoms with E-state index < -0.39 is 9.84 Å². The zero-order valence-corrected chi connectivity index (χ0v) is 11.1. The van der Waals surface area contributed by atoms with Gasteiger partial charge in [-0.05, 0) is 42.2 Å². The van der Waals surface area contributed by atoms with Crippen molar-refractivity contribution in [3.05, 3.63) is 65.7 Å². The molecule has 2 aromatic carbocycles. The van der Waals surface area contributed by atoms with E-state index in [0.29, 0.717) is 4.90 Å². The van der Waals surface area contributed by atoms with Crippen molar-refractivity contribution < 1.29 is 8.42 Å². The molecule has 18 heavy (non-hydrogen) atoms. The van der Waals surface area contributed by atoms with Crippen LogP contribution in [0.15, 0.2) is 53.4 Å². The highest BCUT2D eigenvalue weighted by atomic mass is 32.2. The molecule has 0 unspecified atom stereocenters. The van der Waals surface area contributed by atoms with Crippen LogP contribution in [-0.2, 0) is 22.7 Å². The maximum absolute atomic E-state index is 11.3. The predicted octanol–water partition coefficient (Wildman–Crippen LogP) is 2.68. The Morgan fingerprint density at radius 1 is 1.00 bits per heavy atom. The topological polar surface area (TPSA) is 34.1 Å². The second-order valence-electron chi connectivity index (χ2n) is 4.31. The van der Waals surface area contributed by atoms with Crippen LogP contribution in [0.5, 0.6) is 0 Å². The average Bonchev–Trinajstić information content (AvgIpc) is 2.37. The molecule has 3 heteroatoms. The van der Waals surface area contributed by atoms with Crippen LogP contribution in [0.2, 0.25) is 0 Å². The third-order valence-corrected chi connectivity index (χ3v) is 3.91. The summed E-state index contributed by atoms with van der Waals surface area (Å²) < 4.78 is 22.6. The molecule has 0 heterocycles. The van der Waals surface area contributed by atoms with Gasteiger partial charge < -0.3 is 0 Å². The fourth-order valence-corrected chi connectivity index (χ4v) is 2.34. The smallest absolute Gasteiger partial charge is 0.175 e. The summed E-state index contributed by atoms with van der Waals surface area (Å²) in [5.74, 6) is 0. The second-order valence-corrected chi connectivity index (χ2v) is 6.32. The van der Waals surface area contributed by atoms with E-state index in [4.69, 9.17) is 0 Å². The first kappa shape index (κ1) is 12.8. The number of sulfone groups is 1. The lowest BCUT2D eigenvalue weighted by atomic mass is 10.0. The van der Waals surface area contributed by atoms with Gasteiger partial charge >= 0.3 is 0 Å². The van der Waals surface area contributed by atoms with Gasteiger partial charge in [-0.1, -0.05) is 36.4 Å². The Labute approximate surface area is 108 Å². The summed E-state index contributed by atoms with van der Waals surface area (Å²) in [6.45, 7) is 0. The molecule has 0 aromatic heterocycles. The third-order valence-electron chi connectivity index (χ3n) is 2.80. The first-order valence-corrected chi connectivity index (χ1v) is 7.69. The normalized spacial score (nSPS) is 11.4. The van der Waals surface area contributed by atoms with Crippen LogP contribution in [0.4, 0.5) is 0 Å². The van der Waals surface area contributed by atoms with Crippen molar-refractivity contribution in [1.82, 2.24) is 0 Å². The SMILES string of the molecule is CS(=O)(=O)c1c[c]c(CCc2ccccc2)cc1. The zero-order chi connectivity index (χ0) is 13.0. The van der Waals surface area contributed by atoms with Gasteiger partial charge in [0.15, 0.2) is 9.84 Å². The fourth-order valence-electron chi connectivity index (χ4n) is 1.75. The van der Waals surface area contributed by atoms with Crippen LogP contribution < -0.4 is 0 Å². The molecule has 0 bridgehead atoms. The lowest BCUT2D eigenvalue weighted by Crippen LogP contribution is -1.98. The fraction of sp³-hybridized carbons (Fsp3) is 0.200. The lowest BCUT2D eigenvalue weighted by molar-refractivity contribution is 0.602. The summed E-state index contributed by atoms with van der Waals surface area (Å²) in [5, 5.41) is 0. The number of hydrogen-bond donors (Lipinski definition) is 0. The highest BCUT2D eigenvalue weighted by molar-refractivity contribution is 7.90. The van der Waals surface area contributed by atoms with E-state index in [1.165, 1.54) is 11.8 Å². The van der Waals surface area contributed by atoms with Gasteiger partial charge in [0.25, 0.3) is 0 Å². The van der Waals surface area contributed by atoms with Crippen molar-refractivity contribution in [2.45, 2.75) is 17.7 Å². The third kappa shape index (κ3) is 3.44. The molecule has 0 aliphatic rings. The molecule has 0 atom stereocenters. The second kappa shape index (κ2) is 5.36. The lowest BCUT2D eigenvalue weighted by Gasteiger charge is -2.03. The first-order valence-electron chi connectivity index (χ1n) is 5.80. The minimum atomic E-state index is -3.12. The van der Waals surface area contributed by atoms with E-state index in [-0.39, 0.29) is 0 Å². The molecule has 0 saturated heterocycles. The number of aryl methyl sites for hydroxylation is 2. The summed E-state index contributed by atoms with van der Waals surface area (Å²) in [7, 11) is -3.12. The monoisotopic (exact) mass is 259 g/mol. The number of benzene rings is 2. The molecule has 2 aromatic rings. The molecule has 93 valence electrons. The highest BCUT2D eigenvalue weighted by Gasteiger charge is 2.06. The molecule has 0 fully saturated rings. The van der Waals surface area contributed by atoms with Crippen LogP contribution in [0, 0.1) is 6.07 Å². The van der Waals surface area contributed by atoms with Gasteiger partial charge in [-0.15, -0.1) is 0 Å². The van der Waals surface area contributed by atoms with Gasteiger partial charge in [0, 0.05) is 6.26 Å². The number of hydrogen-bond acceptors (Lipinski definition) is 2. The Kier molecular flexibility index (Phi) is 3.82. The van der Waals surface area contributed by atoms with E-state index in [9.17, 15) is 8.42 Å². The summed E-state index contributed by atoms with van der Waals surface area (Å²) in [6, 6.07) is 18.3. The van der Waals surface area contributed by atoms with E-state index >= 15 is 0 Å². The minimum absolute atomic E-state index is 0.325. The van der Waals surface area contributed by atoms with Crippen molar-refractivity contribution in [2.24, 2.45) is 0 Å². The van der Waals surface area contributed by atoms with Gasteiger partial charge in [0.05, 0.1) is 4.90 Å². The van der Waals surface area contributed by atoms with Crippen molar-refractivity contribution in [1.29, 1.82) is 0 Å². The molecule has 0 amide bonds. The van der Waals surface area contributed by atoms with Gasteiger partial charge in [0.2, 0.25) is 0 Å². The van der Waals surface area contributed by atoms with Crippen molar-refractivity contribution in [3.8, 4) is 0 Å². The zero-order valence-electron chi connectivity index (χ0n) is 10.3. The van der Waals surface area contributed by atoms with Crippen LogP contribution in [0.1, 0.15) is 11.1 Å². The van der Waals surface area contributed by atoms with E-state index in [2.05, 4.69) is 18.2 Å². The summed E-state index contributed by atoms with van der Waals surface area (Å²) in [6.07, 6.45) is 3.02. The Morgan fingerprint density at radius 2 is 1.72 bits per heavy atom. The predicted molar refractivity (Wildman–Crippen MR) is 72.2 cm³/mol. The van der Waals surface area contributed by atoms with Gasteiger partial charge in [-0.2, -0.15) is 0 Å². The van der Waals surface area contributed by atoms with Gasteiger partial charge in [0.1, 0.15) is 0 Å². The highest BCUT2D eigenvalue weighted by Crippen LogP contribution is 2.12. The molecule has 1 radical (unpaired) electrons. The van der Waals surface area contributed by atoms with Gasteiger partial charge in [-0.3, -0.25) is 0 Å².